The Hall–Kier alpha value is -1.92. The summed E-state index contributed by atoms with van der Waals surface area (Å²) in [5, 5.41) is 5.30. The molecule has 2 N–H and O–H groups in total. The largest absolute Gasteiger partial charge is 0.366 e. The third kappa shape index (κ3) is 3.60. The summed E-state index contributed by atoms with van der Waals surface area (Å²) in [6, 6.07) is 2.88. The summed E-state index contributed by atoms with van der Waals surface area (Å²) < 4.78 is 13.5. The number of hydrogen-bond acceptors (Lipinski definition) is 4. The number of hydrogen-bond donors (Lipinski definition) is 2. The Balaban J connectivity index is 1.67. The predicted octanol–water partition coefficient (Wildman–Crippen LogP) is 3.91. The number of anilines is 1. The van der Waals surface area contributed by atoms with Crippen molar-refractivity contribution < 1.29 is 9.18 Å². The van der Waals surface area contributed by atoms with Gasteiger partial charge in [-0.3, -0.25) is 9.78 Å². The normalized spacial score (nSPS) is 13.7. The highest BCUT2D eigenvalue weighted by atomic mass is 35.5. The number of nitrogens with zero attached hydrogens (tertiary/aromatic N) is 2. The van der Waals surface area contributed by atoms with E-state index in [0.29, 0.717) is 5.92 Å². The summed E-state index contributed by atoms with van der Waals surface area (Å²) >= 11 is 11.4. The molecule has 1 fully saturated rings. The first-order valence-electron chi connectivity index (χ1n) is 7.46. The molecule has 0 bridgehead atoms. The molecule has 0 radical (unpaired) electrons. The number of halogens is 3. The first-order chi connectivity index (χ1) is 11.5. The van der Waals surface area contributed by atoms with Crippen LogP contribution in [0.5, 0.6) is 0 Å². The number of aromatic nitrogens is 2. The predicted molar refractivity (Wildman–Crippen MR) is 91.1 cm³/mol. The highest BCUT2D eigenvalue weighted by Crippen LogP contribution is 2.42. The molecule has 1 aliphatic carbocycles. The lowest BCUT2D eigenvalue weighted by molar-refractivity contribution is 0.0956. The van der Waals surface area contributed by atoms with Crippen LogP contribution in [0, 0.1) is 12.7 Å². The maximum absolute atomic E-state index is 13.5. The van der Waals surface area contributed by atoms with Crippen molar-refractivity contribution in [2.75, 3.05) is 12.0 Å². The fourth-order valence-electron chi connectivity index (χ4n) is 2.39. The average Bonchev–Trinajstić information content (AvgIpc) is 3.37. The smallest absolute Gasteiger partial charge is 0.255 e. The van der Waals surface area contributed by atoms with E-state index in [4.69, 9.17) is 23.2 Å². The van der Waals surface area contributed by atoms with Gasteiger partial charge in [-0.15, -0.1) is 0 Å². The fraction of sp³-hybridized carbons (Fsp3) is 0.312. The molecule has 8 heteroatoms. The van der Waals surface area contributed by atoms with E-state index in [1.807, 2.05) is 13.0 Å². The Kier molecular flexibility index (Phi) is 4.87. The fourth-order valence-corrected chi connectivity index (χ4v) is 2.80. The molecule has 2 heterocycles. The first kappa shape index (κ1) is 16.9. The number of carbonyl (C=O) groups excluding carboxylic acids is 1. The summed E-state index contributed by atoms with van der Waals surface area (Å²) in [4.78, 5) is 20.1. The first-order valence-corrected chi connectivity index (χ1v) is 8.22. The van der Waals surface area contributed by atoms with E-state index in [2.05, 4.69) is 20.6 Å². The molecular weight excluding hydrogens is 354 g/mol. The second-order valence-electron chi connectivity index (χ2n) is 5.62. The zero-order valence-electron chi connectivity index (χ0n) is 12.9. The van der Waals surface area contributed by atoms with Crippen LogP contribution in [0.1, 0.15) is 40.4 Å². The number of aryl methyl sites for hydroxylation is 1. The monoisotopic (exact) mass is 368 g/mol. The molecule has 0 aliphatic heterocycles. The van der Waals surface area contributed by atoms with Gasteiger partial charge in [0.25, 0.3) is 5.91 Å². The van der Waals surface area contributed by atoms with E-state index in [1.165, 1.54) is 0 Å². The van der Waals surface area contributed by atoms with Crippen LogP contribution in [0.3, 0.4) is 0 Å². The molecule has 1 saturated carbocycles. The van der Waals surface area contributed by atoms with Crippen molar-refractivity contribution in [2.45, 2.75) is 25.7 Å². The summed E-state index contributed by atoms with van der Waals surface area (Å²) in [5.41, 5.74) is 2.93. The zero-order valence-corrected chi connectivity index (χ0v) is 14.4. The molecule has 0 saturated heterocycles. The van der Waals surface area contributed by atoms with Crippen molar-refractivity contribution in [1.29, 1.82) is 0 Å². The van der Waals surface area contributed by atoms with Crippen molar-refractivity contribution in [2.24, 2.45) is 0 Å². The van der Waals surface area contributed by atoms with Crippen LogP contribution < -0.4 is 10.6 Å². The molecule has 2 aromatic rings. The Morgan fingerprint density at radius 3 is 2.83 bits per heavy atom. The van der Waals surface area contributed by atoms with Crippen LogP contribution in [-0.4, -0.2) is 22.5 Å². The average molecular weight is 369 g/mol. The standard InChI is InChI=1S/C16H15Cl2FN4O/c1-8-4-5-20-13(9-2-3-9)12(8)21-7-22-16(24)10-6-11(19)15(18)23-14(10)17/h4-6,9,21H,2-3,7H2,1H3,(H,22,24). The van der Waals surface area contributed by atoms with Gasteiger partial charge < -0.3 is 10.6 Å². The number of amides is 1. The van der Waals surface area contributed by atoms with Crippen LogP contribution in [0.4, 0.5) is 10.1 Å². The van der Waals surface area contributed by atoms with Gasteiger partial charge in [-0.1, -0.05) is 23.2 Å². The Morgan fingerprint density at radius 1 is 1.38 bits per heavy atom. The molecule has 1 amide bonds. The molecule has 126 valence electrons. The molecule has 0 spiro atoms. The quantitative estimate of drug-likeness (QED) is 0.620. The lowest BCUT2D eigenvalue weighted by Crippen LogP contribution is -2.30. The van der Waals surface area contributed by atoms with Crippen molar-refractivity contribution in [1.82, 2.24) is 15.3 Å². The lowest BCUT2D eigenvalue weighted by Gasteiger charge is -2.14. The van der Waals surface area contributed by atoms with Crippen LogP contribution in [0.2, 0.25) is 10.3 Å². The van der Waals surface area contributed by atoms with Crippen molar-refractivity contribution in [3.8, 4) is 0 Å². The minimum Gasteiger partial charge on any atom is -0.366 e. The number of pyridine rings is 2. The van der Waals surface area contributed by atoms with E-state index in [9.17, 15) is 9.18 Å². The molecule has 1 aliphatic rings. The van der Waals surface area contributed by atoms with Gasteiger partial charge in [-0.05, 0) is 37.5 Å². The molecule has 0 atom stereocenters. The number of carbonyl (C=O) groups is 1. The van der Waals surface area contributed by atoms with Crippen LogP contribution in [0.15, 0.2) is 18.3 Å². The lowest BCUT2D eigenvalue weighted by atomic mass is 10.1. The third-order valence-electron chi connectivity index (χ3n) is 3.80. The third-order valence-corrected chi connectivity index (χ3v) is 4.35. The van der Waals surface area contributed by atoms with Crippen LogP contribution in [-0.2, 0) is 0 Å². The van der Waals surface area contributed by atoms with Gasteiger partial charge in [0.15, 0.2) is 11.0 Å². The van der Waals surface area contributed by atoms with Gasteiger partial charge in [0.1, 0.15) is 5.15 Å². The van der Waals surface area contributed by atoms with E-state index in [1.54, 1.807) is 6.20 Å². The minimum absolute atomic E-state index is 0.0642. The molecular formula is C16H15Cl2FN4O. The Labute approximate surface area is 148 Å². The molecule has 3 rings (SSSR count). The van der Waals surface area contributed by atoms with E-state index in [-0.39, 0.29) is 22.5 Å². The summed E-state index contributed by atoms with van der Waals surface area (Å²) in [5.74, 6) is -0.851. The van der Waals surface area contributed by atoms with Crippen molar-refractivity contribution in [3.63, 3.8) is 0 Å². The van der Waals surface area contributed by atoms with Gasteiger partial charge in [0.2, 0.25) is 0 Å². The van der Waals surface area contributed by atoms with Gasteiger partial charge in [-0.2, -0.15) is 0 Å². The highest BCUT2D eigenvalue weighted by Gasteiger charge is 2.28. The number of rotatable bonds is 5. The van der Waals surface area contributed by atoms with Gasteiger partial charge >= 0.3 is 0 Å². The van der Waals surface area contributed by atoms with Crippen molar-refractivity contribution >= 4 is 34.8 Å². The topological polar surface area (TPSA) is 66.9 Å². The summed E-state index contributed by atoms with van der Waals surface area (Å²) in [6.45, 7) is 2.14. The SMILES string of the molecule is Cc1ccnc(C2CC2)c1NCNC(=O)c1cc(F)c(Cl)nc1Cl. The van der Waals surface area contributed by atoms with E-state index >= 15 is 0 Å². The van der Waals surface area contributed by atoms with E-state index in [0.717, 1.165) is 35.9 Å². The second-order valence-corrected chi connectivity index (χ2v) is 6.34. The maximum atomic E-state index is 13.5. The van der Waals surface area contributed by atoms with Crippen molar-refractivity contribution in [3.05, 3.63) is 51.3 Å². The van der Waals surface area contributed by atoms with Crippen LogP contribution in [0.25, 0.3) is 0 Å². The summed E-state index contributed by atoms with van der Waals surface area (Å²) in [6.07, 6.45) is 4.04. The van der Waals surface area contributed by atoms with Crippen LogP contribution >= 0.6 is 23.2 Å². The molecule has 24 heavy (non-hydrogen) atoms. The molecule has 5 nitrogen and oxygen atoms in total. The Morgan fingerprint density at radius 2 is 2.12 bits per heavy atom. The van der Waals surface area contributed by atoms with Gasteiger partial charge in [-0.25, -0.2) is 9.37 Å². The van der Waals surface area contributed by atoms with Gasteiger partial charge in [0.05, 0.1) is 23.6 Å². The highest BCUT2D eigenvalue weighted by molar-refractivity contribution is 6.34. The minimum atomic E-state index is -0.793. The summed E-state index contributed by atoms with van der Waals surface area (Å²) in [7, 11) is 0. The Bertz CT molecular complexity index is 796. The molecule has 0 unspecified atom stereocenters. The van der Waals surface area contributed by atoms with E-state index < -0.39 is 11.7 Å². The second kappa shape index (κ2) is 6.91. The van der Waals surface area contributed by atoms with Gasteiger partial charge in [0, 0.05) is 12.1 Å². The maximum Gasteiger partial charge on any atom is 0.255 e. The number of nitrogens with one attached hydrogen (secondary N) is 2. The molecule has 2 aromatic heterocycles. The zero-order chi connectivity index (χ0) is 17.3. The molecule has 0 aromatic carbocycles.